The third-order valence-electron chi connectivity index (χ3n) is 3.52. The largest absolute Gasteiger partial charge is 0.300 e. The van der Waals surface area contributed by atoms with Gasteiger partial charge in [0.25, 0.3) is 0 Å². The van der Waals surface area contributed by atoms with E-state index in [9.17, 15) is 4.79 Å². The Kier molecular flexibility index (Phi) is 3.34. The van der Waals surface area contributed by atoms with Gasteiger partial charge in [-0.25, -0.2) is 0 Å². The molecule has 0 spiro atoms. The molecule has 0 aliphatic rings. The molecule has 3 aromatic carbocycles. The maximum absolute atomic E-state index is 11.4. The van der Waals surface area contributed by atoms with Crippen molar-refractivity contribution in [3.05, 3.63) is 72.3 Å². The van der Waals surface area contributed by atoms with Crippen molar-refractivity contribution in [3.63, 3.8) is 0 Å². The van der Waals surface area contributed by atoms with Crippen LogP contribution in [0.3, 0.4) is 0 Å². The summed E-state index contributed by atoms with van der Waals surface area (Å²) in [5.41, 5.74) is 3.41. The van der Waals surface area contributed by atoms with Crippen LogP contribution in [0.15, 0.2) is 66.7 Å². The van der Waals surface area contributed by atoms with Crippen LogP contribution in [0.2, 0.25) is 0 Å². The fourth-order valence-corrected chi connectivity index (χ4v) is 2.58. The van der Waals surface area contributed by atoms with Gasteiger partial charge in [0, 0.05) is 6.42 Å². The number of Topliss-reactive ketones (excluding diaryl/α,β-unsaturated/α-hetero) is 1. The number of hydrogen-bond acceptors (Lipinski definition) is 1. The van der Waals surface area contributed by atoms with E-state index in [1.54, 1.807) is 6.92 Å². The molecule has 0 heterocycles. The zero-order valence-corrected chi connectivity index (χ0v) is 11.5. The minimum absolute atomic E-state index is 0.193. The van der Waals surface area contributed by atoms with Gasteiger partial charge in [0.05, 0.1) is 0 Å². The third kappa shape index (κ3) is 2.48. The first-order valence-corrected chi connectivity index (χ1v) is 6.80. The van der Waals surface area contributed by atoms with Crippen LogP contribution in [0, 0.1) is 0 Å². The Balaban J connectivity index is 2.13. The lowest BCUT2D eigenvalue weighted by Crippen LogP contribution is -1.98. The molecule has 0 aliphatic heterocycles. The lowest BCUT2D eigenvalue weighted by atomic mass is 9.95. The predicted octanol–water partition coefficient (Wildman–Crippen LogP) is 4.64. The number of fused-ring (bicyclic) bond motifs is 1. The standard InChI is InChI=1S/C19H16O/c1-14(20)12-17-8-4-5-9-19(17)18-11-10-15-6-2-3-7-16(15)13-18/h2-11,13H,12H2,1H3. The van der Waals surface area contributed by atoms with Gasteiger partial charge < -0.3 is 0 Å². The van der Waals surface area contributed by atoms with Gasteiger partial charge in [0.15, 0.2) is 0 Å². The van der Waals surface area contributed by atoms with Crippen LogP contribution in [-0.4, -0.2) is 5.78 Å². The van der Waals surface area contributed by atoms with Crippen LogP contribution >= 0.6 is 0 Å². The number of rotatable bonds is 3. The Labute approximate surface area is 118 Å². The number of hydrogen-bond donors (Lipinski definition) is 0. The molecule has 1 heteroatoms. The number of carbonyl (C=O) groups is 1. The molecule has 0 bridgehead atoms. The van der Waals surface area contributed by atoms with Gasteiger partial charge in [0.1, 0.15) is 5.78 Å². The highest BCUT2D eigenvalue weighted by Crippen LogP contribution is 2.27. The molecule has 0 saturated heterocycles. The van der Waals surface area contributed by atoms with Gasteiger partial charge >= 0.3 is 0 Å². The van der Waals surface area contributed by atoms with Crippen molar-refractivity contribution in [3.8, 4) is 11.1 Å². The van der Waals surface area contributed by atoms with Crippen molar-refractivity contribution in [2.24, 2.45) is 0 Å². The number of ketones is 1. The van der Waals surface area contributed by atoms with E-state index in [0.717, 1.165) is 11.1 Å². The highest BCUT2D eigenvalue weighted by Gasteiger charge is 2.07. The minimum atomic E-state index is 0.193. The van der Waals surface area contributed by atoms with Gasteiger partial charge in [-0.15, -0.1) is 0 Å². The maximum atomic E-state index is 11.4. The summed E-state index contributed by atoms with van der Waals surface area (Å²) in [4.78, 5) is 11.4. The van der Waals surface area contributed by atoms with Crippen LogP contribution in [0.1, 0.15) is 12.5 Å². The van der Waals surface area contributed by atoms with Crippen molar-refractivity contribution in [2.45, 2.75) is 13.3 Å². The summed E-state index contributed by atoms with van der Waals surface area (Å²) in [5.74, 6) is 0.193. The summed E-state index contributed by atoms with van der Waals surface area (Å²) >= 11 is 0. The molecule has 0 N–H and O–H groups in total. The summed E-state index contributed by atoms with van der Waals surface area (Å²) in [6, 6.07) is 22.9. The third-order valence-corrected chi connectivity index (χ3v) is 3.52. The average Bonchev–Trinajstić information content (AvgIpc) is 2.47. The first kappa shape index (κ1) is 12.6. The molecule has 0 radical (unpaired) electrons. The maximum Gasteiger partial charge on any atom is 0.134 e. The summed E-state index contributed by atoms with van der Waals surface area (Å²) in [5, 5.41) is 2.46. The number of carbonyl (C=O) groups excluding carboxylic acids is 1. The van der Waals surface area contributed by atoms with E-state index >= 15 is 0 Å². The van der Waals surface area contributed by atoms with Gasteiger partial charge in [-0.2, -0.15) is 0 Å². The van der Waals surface area contributed by atoms with Gasteiger partial charge in [0.2, 0.25) is 0 Å². The topological polar surface area (TPSA) is 17.1 Å². The molecule has 0 atom stereocenters. The molecule has 0 amide bonds. The molecule has 20 heavy (non-hydrogen) atoms. The zero-order chi connectivity index (χ0) is 13.9. The van der Waals surface area contributed by atoms with Crippen LogP contribution in [0.4, 0.5) is 0 Å². The normalized spacial score (nSPS) is 10.7. The smallest absolute Gasteiger partial charge is 0.134 e. The molecule has 0 aromatic heterocycles. The van der Waals surface area contributed by atoms with Crippen LogP contribution < -0.4 is 0 Å². The van der Waals surface area contributed by atoms with E-state index < -0.39 is 0 Å². The molecule has 0 saturated carbocycles. The van der Waals surface area contributed by atoms with Crippen LogP contribution in [-0.2, 0) is 11.2 Å². The second kappa shape index (κ2) is 5.30. The fraction of sp³-hybridized carbons (Fsp3) is 0.105. The van der Waals surface area contributed by atoms with Gasteiger partial charge in [-0.05, 0) is 40.5 Å². The van der Waals surface area contributed by atoms with E-state index in [0.29, 0.717) is 6.42 Å². The van der Waals surface area contributed by atoms with Crippen LogP contribution in [0.5, 0.6) is 0 Å². The van der Waals surface area contributed by atoms with Crippen molar-refractivity contribution >= 4 is 16.6 Å². The van der Waals surface area contributed by atoms with Gasteiger partial charge in [-0.3, -0.25) is 4.79 Å². The van der Waals surface area contributed by atoms with Crippen LogP contribution in [0.25, 0.3) is 21.9 Å². The Morgan fingerprint density at radius 1 is 0.850 bits per heavy atom. The molecule has 98 valence electrons. The van der Waals surface area contributed by atoms with E-state index in [1.807, 2.05) is 30.3 Å². The second-order valence-corrected chi connectivity index (χ2v) is 5.10. The molecular formula is C19H16O. The Bertz CT molecular complexity index is 771. The van der Waals surface area contributed by atoms with Crippen molar-refractivity contribution in [1.82, 2.24) is 0 Å². The summed E-state index contributed by atoms with van der Waals surface area (Å²) in [6.45, 7) is 1.64. The fourth-order valence-electron chi connectivity index (χ4n) is 2.58. The van der Waals surface area contributed by atoms with Crippen molar-refractivity contribution in [1.29, 1.82) is 0 Å². The Morgan fingerprint density at radius 2 is 1.55 bits per heavy atom. The van der Waals surface area contributed by atoms with Gasteiger partial charge in [-0.1, -0.05) is 60.7 Å². The molecule has 3 rings (SSSR count). The van der Waals surface area contributed by atoms with E-state index in [-0.39, 0.29) is 5.78 Å². The SMILES string of the molecule is CC(=O)Cc1ccccc1-c1ccc2ccccc2c1. The lowest BCUT2D eigenvalue weighted by Gasteiger charge is -2.09. The second-order valence-electron chi connectivity index (χ2n) is 5.10. The van der Waals surface area contributed by atoms with E-state index in [1.165, 1.54) is 16.3 Å². The summed E-state index contributed by atoms with van der Waals surface area (Å²) in [6.07, 6.45) is 0.489. The molecule has 0 aliphatic carbocycles. The summed E-state index contributed by atoms with van der Waals surface area (Å²) < 4.78 is 0. The molecule has 0 unspecified atom stereocenters. The minimum Gasteiger partial charge on any atom is -0.300 e. The summed E-state index contributed by atoms with van der Waals surface area (Å²) in [7, 11) is 0. The average molecular weight is 260 g/mol. The first-order valence-electron chi connectivity index (χ1n) is 6.80. The molecule has 1 nitrogen and oxygen atoms in total. The Morgan fingerprint density at radius 3 is 2.35 bits per heavy atom. The molecular weight excluding hydrogens is 244 g/mol. The monoisotopic (exact) mass is 260 g/mol. The number of benzene rings is 3. The van der Waals surface area contributed by atoms with Crippen molar-refractivity contribution in [2.75, 3.05) is 0 Å². The first-order chi connectivity index (χ1) is 9.74. The predicted molar refractivity (Wildman–Crippen MR) is 83.8 cm³/mol. The lowest BCUT2D eigenvalue weighted by molar-refractivity contribution is -0.116. The van der Waals surface area contributed by atoms with E-state index in [4.69, 9.17) is 0 Å². The molecule has 3 aromatic rings. The quantitative estimate of drug-likeness (QED) is 0.670. The highest BCUT2D eigenvalue weighted by atomic mass is 16.1. The highest BCUT2D eigenvalue weighted by molar-refractivity contribution is 5.89. The molecule has 0 fully saturated rings. The zero-order valence-electron chi connectivity index (χ0n) is 11.5. The Hall–Kier alpha value is -2.41. The van der Waals surface area contributed by atoms with E-state index in [2.05, 4.69) is 36.4 Å². The van der Waals surface area contributed by atoms with Crippen molar-refractivity contribution < 1.29 is 4.79 Å².